The Labute approximate surface area is 191 Å². The summed E-state index contributed by atoms with van der Waals surface area (Å²) in [7, 11) is 1.54. The highest BCUT2D eigenvalue weighted by atomic mass is 127. The van der Waals surface area contributed by atoms with Crippen LogP contribution in [0.25, 0.3) is 0 Å². The second-order valence-electron chi connectivity index (χ2n) is 7.33. The van der Waals surface area contributed by atoms with Crippen LogP contribution in [0, 0.1) is 3.57 Å². The number of hydrogen-bond donors (Lipinski definition) is 2. The van der Waals surface area contributed by atoms with Gasteiger partial charge in [0.05, 0.1) is 16.1 Å². The summed E-state index contributed by atoms with van der Waals surface area (Å²) in [6.45, 7) is 4.93. The van der Waals surface area contributed by atoms with Gasteiger partial charge in [0.25, 0.3) is 0 Å². The molecule has 0 aliphatic heterocycles. The second-order valence-corrected chi connectivity index (χ2v) is 8.80. The fourth-order valence-corrected chi connectivity index (χ4v) is 3.56. The molecule has 2 N–H and O–H groups in total. The largest absolute Gasteiger partial charge is 0.491 e. The molecule has 0 fully saturated rings. The Morgan fingerprint density at radius 1 is 0.931 bits per heavy atom. The first-order chi connectivity index (χ1) is 13.8. The first kappa shape index (κ1) is 24.2. The van der Waals surface area contributed by atoms with E-state index in [1.165, 1.54) is 0 Å². The molecule has 0 bridgehead atoms. The number of ether oxygens (including phenoxy) is 3. The third kappa shape index (κ3) is 7.00. The predicted octanol–water partition coefficient (Wildman–Crippen LogP) is 3.98. The van der Waals surface area contributed by atoms with Gasteiger partial charge in [0, 0.05) is 12.5 Å². The van der Waals surface area contributed by atoms with Crippen LogP contribution in [-0.4, -0.2) is 55.2 Å². The number of aliphatic hydroxyl groups excluding tert-OH is 2. The molecular weight excluding hydrogens is 507 g/mol. The zero-order chi connectivity index (χ0) is 21.4. The highest BCUT2D eigenvalue weighted by Gasteiger charge is 2.24. The van der Waals surface area contributed by atoms with Crippen LogP contribution in [0.5, 0.6) is 11.5 Å². The molecule has 2 aromatic rings. The van der Waals surface area contributed by atoms with Crippen molar-refractivity contribution in [2.75, 3.05) is 32.8 Å². The summed E-state index contributed by atoms with van der Waals surface area (Å²) in [4.78, 5) is 0. The topological polar surface area (TPSA) is 68.2 Å². The fourth-order valence-electron chi connectivity index (χ4n) is 2.80. The molecule has 0 aliphatic carbocycles. The summed E-state index contributed by atoms with van der Waals surface area (Å²) in [5, 5.41) is 19.3. The second kappa shape index (κ2) is 11.4. The number of alkyl halides is 1. The first-order valence-electron chi connectivity index (χ1n) is 9.35. The molecule has 160 valence electrons. The van der Waals surface area contributed by atoms with Crippen LogP contribution in [0.15, 0.2) is 42.5 Å². The van der Waals surface area contributed by atoms with Crippen LogP contribution in [0.4, 0.5) is 0 Å². The summed E-state index contributed by atoms with van der Waals surface area (Å²) in [5.41, 5.74) is 2.07. The molecule has 2 aromatic carbocycles. The fraction of sp³-hybridized carbons (Fsp3) is 0.455. The van der Waals surface area contributed by atoms with Crippen LogP contribution >= 0.6 is 34.2 Å². The Kier molecular flexibility index (Phi) is 9.49. The molecule has 0 spiro atoms. The zero-order valence-electron chi connectivity index (χ0n) is 16.9. The van der Waals surface area contributed by atoms with Crippen molar-refractivity contribution < 1.29 is 24.4 Å². The van der Waals surface area contributed by atoms with Gasteiger partial charge in [-0.15, -0.1) is 11.6 Å². The third-order valence-electron chi connectivity index (χ3n) is 4.64. The minimum absolute atomic E-state index is 0.146. The van der Waals surface area contributed by atoms with Crippen molar-refractivity contribution >= 4 is 34.2 Å². The summed E-state index contributed by atoms with van der Waals surface area (Å²) in [6.07, 6.45) is -1.33. The van der Waals surface area contributed by atoms with E-state index in [4.69, 9.17) is 25.8 Å². The van der Waals surface area contributed by atoms with Gasteiger partial charge in [0.2, 0.25) is 0 Å². The number of hydrogen-bond acceptors (Lipinski definition) is 5. The van der Waals surface area contributed by atoms with E-state index in [0.29, 0.717) is 5.75 Å². The molecule has 0 saturated carbocycles. The summed E-state index contributed by atoms with van der Waals surface area (Å²) >= 11 is 7.85. The van der Waals surface area contributed by atoms with Crippen molar-refractivity contribution in [3.63, 3.8) is 0 Å². The average Bonchev–Trinajstić information content (AvgIpc) is 2.71. The molecule has 0 radical (unpaired) electrons. The lowest BCUT2D eigenvalue weighted by Crippen LogP contribution is -2.23. The maximum absolute atomic E-state index is 9.69. The number of halogens is 2. The van der Waals surface area contributed by atoms with Crippen LogP contribution in [-0.2, 0) is 10.2 Å². The summed E-state index contributed by atoms with van der Waals surface area (Å²) in [6, 6.07) is 13.9. The van der Waals surface area contributed by atoms with Gasteiger partial charge in [0.1, 0.15) is 36.9 Å². The van der Waals surface area contributed by atoms with Crippen molar-refractivity contribution in [1.82, 2.24) is 0 Å². The van der Waals surface area contributed by atoms with Gasteiger partial charge in [0.15, 0.2) is 0 Å². The highest BCUT2D eigenvalue weighted by molar-refractivity contribution is 14.1. The molecule has 0 aromatic heterocycles. The van der Waals surface area contributed by atoms with E-state index in [-0.39, 0.29) is 31.1 Å². The van der Waals surface area contributed by atoms with Gasteiger partial charge in [-0.2, -0.15) is 0 Å². The van der Waals surface area contributed by atoms with E-state index in [1.807, 2.05) is 36.4 Å². The van der Waals surface area contributed by atoms with Gasteiger partial charge in [-0.1, -0.05) is 32.0 Å². The van der Waals surface area contributed by atoms with E-state index >= 15 is 0 Å². The molecule has 7 heteroatoms. The van der Waals surface area contributed by atoms with Crippen LogP contribution < -0.4 is 9.47 Å². The maximum atomic E-state index is 9.69. The van der Waals surface area contributed by atoms with E-state index in [0.717, 1.165) is 20.4 Å². The minimum Gasteiger partial charge on any atom is -0.491 e. The molecular formula is C22H28ClIO5. The molecule has 29 heavy (non-hydrogen) atoms. The molecule has 2 atom stereocenters. The smallest absolute Gasteiger partial charge is 0.132 e. The van der Waals surface area contributed by atoms with Gasteiger partial charge in [-0.25, -0.2) is 0 Å². The van der Waals surface area contributed by atoms with Crippen molar-refractivity contribution in [2.45, 2.75) is 31.5 Å². The Morgan fingerprint density at radius 3 is 2.14 bits per heavy atom. The average molecular weight is 535 g/mol. The molecule has 2 rings (SSSR count). The summed E-state index contributed by atoms with van der Waals surface area (Å²) < 4.78 is 17.1. The van der Waals surface area contributed by atoms with Crippen LogP contribution in [0.3, 0.4) is 0 Å². The first-order valence-corrected chi connectivity index (χ1v) is 11.0. The Hall–Kier alpha value is -1.06. The molecule has 0 saturated heterocycles. The Balaban J connectivity index is 2.08. The van der Waals surface area contributed by atoms with Crippen molar-refractivity contribution in [3.8, 4) is 11.5 Å². The minimum atomic E-state index is -0.681. The Morgan fingerprint density at radius 2 is 1.55 bits per heavy atom. The van der Waals surface area contributed by atoms with E-state index < -0.39 is 12.2 Å². The normalized spacial score (nSPS) is 13.8. The number of aliphatic hydroxyl groups is 2. The molecule has 2 unspecified atom stereocenters. The third-order valence-corrected chi connectivity index (χ3v) is 5.84. The molecule has 0 aliphatic rings. The van der Waals surface area contributed by atoms with Crippen LogP contribution in [0.2, 0.25) is 0 Å². The predicted molar refractivity (Wildman–Crippen MR) is 123 cm³/mol. The number of benzene rings is 2. The van der Waals surface area contributed by atoms with Crippen molar-refractivity contribution in [3.05, 3.63) is 57.2 Å². The van der Waals surface area contributed by atoms with Crippen molar-refractivity contribution in [2.24, 2.45) is 0 Å². The standard InChI is InChI=1S/C22H28ClIO5/c1-22(2,15-4-7-19(8-5-15)28-14-18(26)12-27-3)16-6-9-21(20(24)10-16)29-13-17(25)11-23/h4-10,17-18,25-26H,11-14H2,1-3H3. The number of rotatable bonds is 11. The SMILES string of the molecule is COCC(O)COc1ccc(C(C)(C)c2ccc(OCC(O)CCl)c(I)c2)cc1. The van der Waals surface area contributed by atoms with E-state index in [1.54, 1.807) is 7.11 Å². The van der Waals surface area contributed by atoms with Crippen LogP contribution in [0.1, 0.15) is 25.0 Å². The van der Waals surface area contributed by atoms with Gasteiger partial charge in [-0.3, -0.25) is 0 Å². The van der Waals surface area contributed by atoms with Crippen molar-refractivity contribution in [1.29, 1.82) is 0 Å². The van der Waals surface area contributed by atoms with Gasteiger partial charge in [-0.05, 0) is 58.0 Å². The lowest BCUT2D eigenvalue weighted by molar-refractivity contribution is 0.0325. The quantitative estimate of drug-likeness (QED) is 0.337. The lowest BCUT2D eigenvalue weighted by atomic mass is 9.78. The zero-order valence-corrected chi connectivity index (χ0v) is 19.8. The maximum Gasteiger partial charge on any atom is 0.132 e. The molecule has 0 heterocycles. The highest BCUT2D eigenvalue weighted by Crippen LogP contribution is 2.35. The summed E-state index contributed by atoms with van der Waals surface area (Å²) in [5.74, 6) is 1.58. The monoisotopic (exact) mass is 534 g/mol. The van der Waals surface area contributed by atoms with E-state index in [9.17, 15) is 10.2 Å². The van der Waals surface area contributed by atoms with Gasteiger partial charge < -0.3 is 24.4 Å². The molecule has 5 nitrogen and oxygen atoms in total. The van der Waals surface area contributed by atoms with E-state index in [2.05, 4.69) is 42.5 Å². The molecule has 0 amide bonds. The van der Waals surface area contributed by atoms with Gasteiger partial charge >= 0.3 is 0 Å². The number of methoxy groups -OCH3 is 1. The lowest BCUT2D eigenvalue weighted by Gasteiger charge is -2.27. The Bertz CT molecular complexity index is 766.